The lowest BCUT2D eigenvalue weighted by molar-refractivity contribution is 0.154. The number of halogens is 2. The number of hydrogen-bond donors (Lipinski definition) is 0. The van der Waals surface area contributed by atoms with Crippen molar-refractivity contribution in [3.8, 4) is 0 Å². The molecule has 0 unspecified atom stereocenters. The van der Waals surface area contributed by atoms with Crippen LogP contribution in [-0.4, -0.2) is 17.5 Å². The lowest BCUT2D eigenvalue weighted by atomic mass is 9.94. The van der Waals surface area contributed by atoms with E-state index >= 15 is 0 Å². The van der Waals surface area contributed by atoms with Crippen molar-refractivity contribution in [3.05, 3.63) is 35.4 Å². The van der Waals surface area contributed by atoms with E-state index in [9.17, 15) is 8.78 Å². The van der Waals surface area contributed by atoms with Gasteiger partial charge in [0.25, 0.3) is 0 Å². The average Bonchev–Trinajstić information content (AvgIpc) is 2.41. The Hall–Kier alpha value is -0.960. The monoisotopic (exact) mass is 253 g/mol. The Balaban J connectivity index is 2.07. The first-order chi connectivity index (χ1) is 8.72. The van der Waals surface area contributed by atoms with E-state index in [1.807, 2.05) is 0 Å². The summed E-state index contributed by atoms with van der Waals surface area (Å²) in [6.07, 6.45) is 6.19. The second kappa shape index (κ2) is 6.28. The lowest BCUT2D eigenvalue weighted by Gasteiger charge is -2.33. The summed E-state index contributed by atoms with van der Waals surface area (Å²) in [5.74, 6) is -1.43. The zero-order valence-corrected chi connectivity index (χ0v) is 11.0. The highest BCUT2D eigenvalue weighted by Gasteiger charge is 2.21. The third-order valence-corrected chi connectivity index (χ3v) is 3.90. The molecule has 0 atom stereocenters. The summed E-state index contributed by atoms with van der Waals surface area (Å²) in [6.45, 7) is 3.50. The summed E-state index contributed by atoms with van der Waals surface area (Å²) in [5, 5.41) is 0. The number of benzene rings is 1. The van der Waals surface area contributed by atoms with Crippen molar-refractivity contribution in [1.29, 1.82) is 0 Å². The predicted octanol–water partition coefficient (Wildman–Crippen LogP) is 4.12. The highest BCUT2D eigenvalue weighted by atomic mass is 19.2. The second-order valence-electron chi connectivity index (χ2n) is 5.07. The Kier molecular flexibility index (Phi) is 4.70. The van der Waals surface area contributed by atoms with Gasteiger partial charge in [-0.1, -0.05) is 38.3 Å². The smallest absolute Gasteiger partial charge is 0.163 e. The van der Waals surface area contributed by atoms with Crippen LogP contribution in [0.1, 0.15) is 44.6 Å². The van der Waals surface area contributed by atoms with Gasteiger partial charge in [0.2, 0.25) is 0 Å². The van der Waals surface area contributed by atoms with Crippen LogP contribution in [0, 0.1) is 11.6 Å². The Morgan fingerprint density at radius 1 is 1.17 bits per heavy atom. The summed E-state index contributed by atoms with van der Waals surface area (Å²) in [7, 11) is 0. The SMILES string of the molecule is CCN(Cc1cccc(F)c1F)C1CCCCC1. The van der Waals surface area contributed by atoms with E-state index < -0.39 is 11.6 Å². The quantitative estimate of drug-likeness (QED) is 0.780. The zero-order valence-electron chi connectivity index (χ0n) is 11.0. The normalized spacial score (nSPS) is 17.3. The van der Waals surface area contributed by atoms with Crippen LogP contribution in [0.15, 0.2) is 18.2 Å². The van der Waals surface area contributed by atoms with Crippen LogP contribution in [0.5, 0.6) is 0 Å². The van der Waals surface area contributed by atoms with Crippen LogP contribution in [0.4, 0.5) is 8.78 Å². The largest absolute Gasteiger partial charge is 0.296 e. The lowest BCUT2D eigenvalue weighted by Crippen LogP contribution is -2.36. The van der Waals surface area contributed by atoms with E-state index in [4.69, 9.17) is 0 Å². The summed E-state index contributed by atoms with van der Waals surface area (Å²) < 4.78 is 26.8. The van der Waals surface area contributed by atoms with Crippen molar-refractivity contribution in [1.82, 2.24) is 4.90 Å². The van der Waals surface area contributed by atoms with Gasteiger partial charge in [-0.3, -0.25) is 4.90 Å². The summed E-state index contributed by atoms with van der Waals surface area (Å²) >= 11 is 0. The van der Waals surface area contributed by atoms with E-state index in [1.54, 1.807) is 12.1 Å². The molecule has 1 nitrogen and oxygen atoms in total. The molecular weight excluding hydrogens is 232 g/mol. The Labute approximate surface area is 108 Å². The highest BCUT2D eigenvalue weighted by Crippen LogP contribution is 2.24. The molecule has 100 valence electrons. The topological polar surface area (TPSA) is 3.24 Å². The summed E-state index contributed by atoms with van der Waals surface area (Å²) in [5.41, 5.74) is 0.474. The van der Waals surface area contributed by atoms with Crippen LogP contribution in [0.2, 0.25) is 0 Å². The molecule has 1 aliphatic rings. The van der Waals surface area contributed by atoms with Crippen molar-refractivity contribution in [3.63, 3.8) is 0 Å². The van der Waals surface area contributed by atoms with Crippen LogP contribution in [0.3, 0.4) is 0 Å². The van der Waals surface area contributed by atoms with Gasteiger partial charge < -0.3 is 0 Å². The van der Waals surface area contributed by atoms with Gasteiger partial charge in [-0.05, 0) is 25.5 Å². The first-order valence-corrected chi connectivity index (χ1v) is 6.89. The van der Waals surface area contributed by atoms with Gasteiger partial charge in [-0.25, -0.2) is 8.78 Å². The molecule has 3 heteroatoms. The maximum absolute atomic E-state index is 13.7. The third kappa shape index (κ3) is 3.08. The molecule has 0 spiro atoms. The maximum Gasteiger partial charge on any atom is 0.163 e. The van der Waals surface area contributed by atoms with Gasteiger partial charge >= 0.3 is 0 Å². The minimum Gasteiger partial charge on any atom is -0.296 e. The van der Waals surface area contributed by atoms with Gasteiger partial charge in [0.05, 0.1) is 0 Å². The first kappa shape index (κ1) is 13.5. The number of hydrogen-bond acceptors (Lipinski definition) is 1. The standard InChI is InChI=1S/C15H21F2N/c1-2-18(13-8-4-3-5-9-13)11-12-7-6-10-14(16)15(12)17/h6-7,10,13H,2-5,8-9,11H2,1H3. The molecule has 1 aromatic rings. The van der Waals surface area contributed by atoms with Crippen molar-refractivity contribution in [2.75, 3.05) is 6.54 Å². The van der Waals surface area contributed by atoms with E-state index in [1.165, 1.54) is 38.2 Å². The van der Waals surface area contributed by atoms with E-state index in [0.29, 0.717) is 18.2 Å². The van der Waals surface area contributed by atoms with E-state index in [-0.39, 0.29) is 0 Å². The van der Waals surface area contributed by atoms with Crippen molar-refractivity contribution < 1.29 is 8.78 Å². The summed E-state index contributed by atoms with van der Waals surface area (Å²) in [6, 6.07) is 4.98. The van der Waals surface area contributed by atoms with Gasteiger partial charge in [0.1, 0.15) is 0 Å². The Morgan fingerprint density at radius 3 is 2.56 bits per heavy atom. The minimum atomic E-state index is -0.743. The van der Waals surface area contributed by atoms with Crippen molar-refractivity contribution in [2.45, 2.75) is 51.6 Å². The van der Waals surface area contributed by atoms with Gasteiger partial charge in [0.15, 0.2) is 11.6 Å². The van der Waals surface area contributed by atoms with Crippen molar-refractivity contribution >= 4 is 0 Å². The molecule has 0 N–H and O–H groups in total. The fourth-order valence-electron chi connectivity index (χ4n) is 2.83. The zero-order chi connectivity index (χ0) is 13.0. The molecule has 1 fully saturated rings. The number of nitrogens with zero attached hydrogens (tertiary/aromatic N) is 1. The molecule has 0 saturated heterocycles. The fourth-order valence-corrected chi connectivity index (χ4v) is 2.83. The Morgan fingerprint density at radius 2 is 1.89 bits per heavy atom. The molecule has 2 rings (SSSR count). The van der Waals surface area contributed by atoms with Crippen molar-refractivity contribution in [2.24, 2.45) is 0 Å². The molecule has 0 aromatic heterocycles. The molecule has 0 amide bonds. The molecule has 18 heavy (non-hydrogen) atoms. The molecule has 0 aliphatic heterocycles. The van der Waals surface area contributed by atoms with Gasteiger partial charge in [-0.15, -0.1) is 0 Å². The van der Waals surface area contributed by atoms with Gasteiger partial charge in [0, 0.05) is 18.2 Å². The first-order valence-electron chi connectivity index (χ1n) is 6.89. The van der Waals surface area contributed by atoms with E-state index in [2.05, 4.69) is 11.8 Å². The van der Waals surface area contributed by atoms with Crippen LogP contribution >= 0.6 is 0 Å². The predicted molar refractivity (Wildman–Crippen MR) is 69.3 cm³/mol. The second-order valence-corrected chi connectivity index (χ2v) is 5.07. The van der Waals surface area contributed by atoms with Gasteiger partial charge in [-0.2, -0.15) is 0 Å². The molecule has 0 heterocycles. The molecule has 0 bridgehead atoms. The molecule has 0 radical (unpaired) electrons. The van der Waals surface area contributed by atoms with Crippen LogP contribution in [0.25, 0.3) is 0 Å². The van der Waals surface area contributed by atoms with Crippen LogP contribution < -0.4 is 0 Å². The minimum absolute atomic E-state index is 0.474. The fraction of sp³-hybridized carbons (Fsp3) is 0.600. The molecule has 1 aliphatic carbocycles. The molecule has 1 aromatic carbocycles. The maximum atomic E-state index is 13.7. The van der Waals surface area contributed by atoms with Crippen LogP contribution in [-0.2, 0) is 6.54 Å². The van der Waals surface area contributed by atoms with E-state index in [0.717, 1.165) is 6.54 Å². The molecular formula is C15H21F2N. The third-order valence-electron chi connectivity index (χ3n) is 3.90. The molecule has 1 saturated carbocycles. The highest BCUT2D eigenvalue weighted by molar-refractivity contribution is 5.19. The average molecular weight is 253 g/mol. The Bertz CT molecular complexity index is 386. The summed E-state index contributed by atoms with van der Waals surface area (Å²) in [4.78, 5) is 2.27. The number of rotatable bonds is 4.